The van der Waals surface area contributed by atoms with Crippen LogP contribution < -0.4 is 0 Å². The van der Waals surface area contributed by atoms with E-state index in [4.69, 9.17) is 5.11 Å². The van der Waals surface area contributed by atoms with Gasteiger partial charge >= 0.3 is 0 Å². The van der Waals surface area contributed by atoms with Crippen LogP contribution in [0.2, 0.25) is 0 Å². The number of rotatable bonds is 3. The van der Waals surface area contributed by atoms with Crippen molar-refractivity contribution in [3.05, 3.63) is 95.6 Å². The number of hydrogen-bond donors (Lipinski definition) is 1. The molecule has 0 bridgehead atoms. The molecule has 1 aromatic heterocycles. The average molecular weight is 515 g/mol. The summed E-state index contributed by atoms with van der Waals surface area (Å²) in [4.78, 5) is 14.7. The van der Waals surface area contributed by atoms with Gasteiger partial charge in [0.1, 0.15) is 5.75 Å². The van der Waals surface area contributed by atoms with Crippen LogP contribution in [0, 0.1) is 6.07 Å². The standard InChI is InChI=1S/C12H10N.C8H9NO2.Au/c1-2-6-11(7-3-1)10-12-8-4-5-9-13-12;1-6(10)9-7-4-2-3-5-8(7)11;/h1-6,8-9H,10H2;2-5H,1H3,(H2,9,10,11);/q-1;;/p-1. The number of carbonyl (C=O) groups excluding carboxylic acids is 1. The zero-order valence-electron chi connectivity index (χ0n) is 13.7. The molecule has 133 valence electrons. The number of pyridine rings is 1. The van der Waals surface area contributed by atoms with Gasteiger partial charge in [0.15, 0.2) is 0 Å². The van der Waals surface area contributed by atoms with Gasteiger partial charge in [-0.25, -0.2) is 0 Å². The minimum Gasteiger partial charge on any atom is -0.624 e. The SMILES string of the molecule is CC(=O)[N-]c1ccccc1O.[Au].[c-]1ccccc1Cc1ccccn1. The van der Waals surface area contributed by atoms with E-state index in [2.05, 4.69) is 22.4 Å². The monoisotopic (exact) mass is 515 g/mol. The Labute approximate surface area is 163 Å². The van der Waals surface area contributed by atoms with Crippen LogP contribution >= 0.6 is 0 Å². The Morgan fingerprint density at radius 3 is 2.40 bits per heavy atom. The normalized spacial score (nSPS) is 9.16. The Balaban J connectivity index is 0.000000244. The molecule has 0 saturated heterocycles. The third-order valence-electron chi connectivity index (χ3n) is 3.03. The summed E-state index contributed by atoms with van der Waals surface area (Å²) in [5, 5.41) is 12.7. The van der Waals surface area contributed by atoms with Crippen molar-refractivity contribution in [2.45, 2.75) is 13.3 Å². The van der Waals surface area contributed by atoms with Crippen LogP contribution in [-0.2, 0) is 33.6 Å². The first-order chi connectivity index (χ1) is 11.6. The summed E-state index contributed by atoms with van der Waals surface area (Å²) in [7, 11) is 0. The van der Waals surface area contributed by atoms with Crippen molar-refractivity contribution in [2.24, 2.45) is 0 Å². The van der Waals surface area contributed by atoms with Gasteiger partial charge in [0.25, 0.3) is 0 Å². The molecule has 3 rings (SSSR count). The summed E-state index contributed by atoms with van der Waals surface area (Å²) >= 11 is 0. The Hall–Kier alpha value is -2.40. The largest absolute Gasteiger partial charge is 0.624 e. The third-order valence-corrected chi connectivity index (χ3v) is 3.03. The van der Waals surface area contributed by atoms with E-state index in [1.54, 1.807) is 18.2 Å². The number of carbonyl (C=O) groups is 1. The van der Waals surface area contributed by atoms with Gasteiger partial charge in [0, 0.05) is 34.3 Å². The Bertz CT molecular complexity index is 727. The number of nitrogens with zero attached hydrogens (tertiary/aromatic N) is 2. The Morgan fingerprint density at radius 2 is 1.80 bits per heavy atom. The maximum atomic E-state index is 10.5. The molecule has 1 radical (unpaired) electrons. The van der Waals surface area contributed by atoms with Gasteiger partial charge in [-0.3, -0.25) is 4.98 Å². The van der Waals surface area contributed by atoms with Crippen LogP contribution in [0.4, 0.5) is 5.69 Å². The minimum absolute atomic E-state index is 0. The molecule has 25 heavy (non-hydrogen) atoms. The van der Waals surface area contributed by atoms with E-state index in [1.807, 2.05) is 42.6 Å². The summed E-state index contributed by atoms with van der Waals surface area (Å²) in [5.41, 5.74) is 2.59. The molecule has 0 fully saturated rings. The van der Waals surface area contributed by atoms with E-state index in [-0.39, 0.29) is 34.0 Å². The van der Waals surface area contributed by atoms with Crippen LogP contribution in [0.25, 0.3) is 5.32 Å². The van der Waals surface area contributed by atoms with Crippen molar-refractivity contribution in [3.63, 3.8) is 0 Å². The second-order valence-corrected chi connectivity index (χ2v) is 5.01. The molecule has 3 aromatic rings. The van der Waals surface area contributed by atoms with E-state index < -0.39 is 0 Å². The van der Waals surface area contributed by atoms with Crippen LogP contribution in [0.15, 0.2) is 72.9 Å². The number of para-hydroxylation sites is 2. The number of phenols is 1. The van der Waals surface area contributed by atoms with E-state index in [1.165, 1.54) is 18.6 Å². The number of aromatic hydroxyl groups is 1. The number of hydrogen-bond acceptors (Lipinski definition) is 3. The van der Waals surface area contributed by atoms with Crippen molar-refractivity contribution < 1.29 is 32.3 Å². The predicted molar refractivity (Wildman–Crippen MR) is 94.1 cm³/mol. The first-order valence-electron chi connectivity index (χ1n) is 7.51. The zero-order chi connectivity index (χ0) is 17.2. The molecule has 0 saturated carbocycles. The van der Waals surface area contributed by atoms with E-state index in [0.29, 0.717) is 5.69 Å². The molecule has 2 aromatic carbocycles. The molecule has 5 heteroatoms. The maximum Gasteiger partial charge on any atom is 0.101 e. The van der Waals surface area contributed by atoms with Crippen molar-refractivity contribution in [1.29, 1.82) is 0 Å². The van der Waals surface area contributed by atoms with Crippen LogP contribution in [0.3, 0.4) is 0 Å². The Kier molecular flexibility index (Phi) is 9.25. The Morgan fingerprint density at radius 1 is 1.08 bits per heavy atom. The topological polar surface area (TPSA) is 64.3 Å². The molecule has 0 spiro atoms. The summed E-state index contributed by atoms with van der Waals surface area (Å²) < 4.78 is 0. The summed E-state index contributed by atoms with van der Waals surface area (Å²) in [5.74, 6) is -0.283. The van der Waals surface area contributed by atoms with E-state index in [0.717, 1.165) is 12.1 Å². The second kappa shape index (κ2) is 11.2. The second-order valence-electron chi connectivity index (χ2n) is 5.01. The molecule has 1 amide bonds. The average Bonchev–Trinajstić information content (AvgIpc) is 2.59. The van der Waals surface area contributed by atoms with Crippen molar-refractivity contribution in [2.75, 3.05) is 0 Å². The van der Waals surface area contributed by atoms with Crippen LogP contribution in [0.5, 0.6) is 5.75 Å². The molecule has 1 heterocycles. The number of aromatic nitrogens is 1. The molecular weight excluding hydrogens is 497 g/mol. The number of benzene rings is 2. The fourth-order valence-electron chi connectivity index (χ4n) is 1.97. The quantitative estimate of drug-likeness (QED) is 0.415. The fraction of sp³-hybridized carbons (Fsp3) is 0.100. The van der Waals surface area contributed by atoms with Crippen LogP contribution in [-0.4, -0.2) is 16.0 Å². The number of phenolic OH excluding ortho intramolecular Hbond substituents is 1. The first-order valence-corrected chi connectivity index (χ1v) is 7.51. The molecule has 0 aliphatic heterocycles. The van der Waals surface area contributed by atoms with E-state index >= 15 is 0 Å². The van der Waals surface area contributed by atoms with E-state index in [9.17, 15) is 4.79 Å². The molecule has 0 atom stereocenters. The fourth-order valence-corrected chi connectivity index (χ4v) is 1.97. The molecule has 0 aliphatic rings. The van der Waals surface area contributed by atoms with Gasteiger partial charge in [-0.1, -0.05) is 30.0 Å². The smallest absolute Gasteiger partial charge is 0.101 e. The van der Waals surface area contributed by atoms with Gasteiger partial charge < -0.3 is 15.2 Å². The zero-order valence-corrected chi connectivity index (χ0v) is 15.9. The van der Waals surface area contributed by atoms with Gasteiger partial charge in [-0.2, -0.15) is 35.9 Å². The predicted octanol–water partition coefficient (Wildman–Crippen LogP) is 4.41. The summed E-state index contributed by atoms with van der Waals surface area (Å²) in [6.07, 6.45) is 2.68. The number of amides is 1. The molecule has 0 aliphatic carbocycles. The van der Waals surface area contributed by atoms with Crippen molar-refractivity contribution in [1.82, 2.24) is 4.98 Å². The first kappa shape index (κ1) is 20.6. The van der Waals surface area contributed by atoms with Gasteiger partial charge in [-0.15, -0.1) is 0 Å². The molecular formula is C20H18AuN2O2-2. The van der Waals surface area contributed by atoms with Gasteiger partial charge in [0.2, 0.25) is 0 Å². The molecule has 0 unspecified atom stereocenters. The third kappa shape index (κ3) is 7.81. The molecule has 4 nitrogen and oxygen atoms in total. The van der Waals surface area contributed by atoms with Crippen molar-refractivity contribution in [3.8, 4) is 5.75 Å². The summed E-state index contributed by atoms with van der Waals surface area (Å²) in [6, 6.07) is 23.6. The summed E-state index contributed by atoms with van der Waals surface area (Å²) in [6.45, 7) is 1.34. The molecule has 1 N–H and O–H groups in total. The van der Waals surface area contributed by atoms with Crippen LogP contribution in [0.1, 0.15) is 18.2 Å². The minimum atomic E-state index is -0.313. The van der Waals surface area contributed by atoms with Gasteiger partial charge in [0.05, 0.1) is 5.91 Å². The van der Waals surface area contributed by atoms with Gasteiger partial charge in [-0.05, 0) is 31.5 Å². The maximum absolute atomic E-state index is 10.5. The van der Waals surface area contributed by atoms with Crippen molar-refractivity contribution >= 4 is 11.6 Å².